The van der Waals surface area contributed by atoms with Gasteiger partial charge in [0.15, 0.2) is 6.61 Å². The Morgan fingerprint density at radius 2 is 1.71 bits per heavy atom. The van der Waals surface area contributed by atoms with Crippen LogP contribution in [0.1, 0.15) is 23.2 Å². The van der Waals surface area contributed by atoms with Crippen LogP contribution in [-0.4, -0.2) is 23.3 Å². The lowest BCUT2D eigenvalue weighted by molar-refractivity contribution is -0.144. The molecule has 0 atom stereocenters. The van der Waals surface area contributed by atoms with Gasteiger partial charge in [0.05, 0.1) is 17.2 Å². The summed E-state index contributed by atoms with van der Waals surface area (Å²) in [6.07, 6.45) is 1.74. The molecule has 1 aliphatic carbocycles. The molecule has 1 N–H and O–H groups in total. The number of fused-ring (bicyclic) bond motifs is 1. The maximum atomic E-state index is 12.8. The lowest BCUT2D eigenvalue weighted by Crippen LogP contribution is -2.15. The van der Waals surface area contributed by atoms with Crippen molar-refractivity contribution in [3.05, 3.63) is 60.2 Å². The lowest BCUT2D eigenvalue weighted by Gasteiger charge is -2.06. The van der Waals surface area contributed by atoms with E-state index in [-0.39, 0.29) is 24.3 Å². The summed E-state index contributed by atoms with van der Waals surface area (Å²) < 4.78 is 5.19. The Morgan fingerprint density at radius 1 is 1.00 bits per heavy atom. The van der Waals surface area contributed by atoms with Crippen molar-refractivity contribution in [2.24, 2.45) is 5.92 Å². The number of carbonyl (C=O) groups excluding carboxylic acids is 2. The standard InChI is InChI=1S/C20H17NO3/c22-17(12-24-20(23)14-10-11-14)18-15-8-4-5-9-16(15)21-19(18)13-6-2-1-3-7-13/h1-9,14,21H,10-12H2. The Balaban J connectivity index is 1.72. The second kappa shape index (κ2) is 5.96. The van der Waals surface area contributed by atoms with Crippen molar-refractivity contribution in [3.8, 4) is 11.3 Å². The van der Waals surface area contributed by atoms with Crippen LogP contribution in [0.15, 0.2) is 54.6 Å². The van der Waals surface area contributed by atoms with E-state index in [0.29, 0.717) is 5.56 Å². The van der Waals surface area contributed by atoms with Crippen LogP contribution in [0.2, 0.25) is 0 Å². The molecule has 3 aromatic rings. The van der Waals surface area contributed by atoms with E-state index in [1.807, 2.05) is 54.6 Å². The molecule has 4 nitrogen and oxygen atoms in total. The molecule has 24 heavy (non-hydrogen) atoms. The number of ketones is 1. The van der Waals surface area contributed by atoms with Gasteiger partial charge in [-0.1, -0.05) is 48.5 Å². The van der Waals surface area contributed by atoms with E-state index < -0.39 is 0 Å². The minimum Gasteiger partial charge on any atom is -0.457 e. The first-order valence-electron chi connectivity index (χ1n) is 8.10. The number of hydrogen-bond acceptors (Lipinski definition) is 3. The molecule has 0 spiro atoms. The van der Waals surface area contributed by atoms with Gasteiger partial charge in [0.2, 0.25) is 5.78 Å². The quantitative estimate of drug-likeness (QED) is 0.572. The molecule has 0 amide bonds. The third kappa shape index (κ3) is 2.71. The van der Waals surface area contributed by atoms with Crippen LogP contribution in [0.4, 0.5) is 0 Å². The zero-order valence-corrected chi connectivity index (χ0v) is 13.1. The molecule has 0 bridgehead atoms. The van der Waals surface area contributed by atoms with Crippen molar-refractivity contribution < 1.29 is 14.3 Å². The maximum absolute atomic E-state index is 12.8. The molecule has 4 rings (SSSR count). The first-order chi connectivity index (χ1) is 11.7. The molecule has 0 aliphatic heterocycles. The SMILES string of the molecule is O=C(COC(=O)C1CC1)c1c(-c2ccccc2)[nH]c2ccccc12. The van der Waals surface area contributed by atoms with Crippen LogP contribution in [0.3, 0.4) is 0 Å². The minimum atomic E-state index is -0.260. The lowest BCUT2D eigenvalue weighted by atomic mass is 10.0. The van der Waals surface area contributed by atoms with Gasteiger partial charge in [-0.3, -0.25) is 9.59 Å². The van der Waals surface area contributed by atoms with Gasteiger partial charge in [-0.15, -0.1) is 0 Å². The highest BCUT2D eigenvalue weighted by molar-refractivity contribution is 6.14. The summed E-state index contributed by atoms with van der Waals surface area (Å²) >= 11 is 0. The van der Waals surface area contributed by atoms with E-state index in [9.17, 15) is 9.59 Å². The van der Waals surface area contributed by atoms with Crippen LogP contribution in [-0.2, 0) is 9.53 Å². The number of rotatable bonds is 5. The second-order valence-corrected chi connectivity index (χ2v) is 6.09. The molecule has 120 valence electrons. The zero-order valence-electron chi connectivity index (χ0n) is 13.1. The molecule has 4 heteroatoms. The van der Waals surface area contributed by atoms with Crippen LogP contribution in [0.5, 0.6) is 0 Å². The number of para-hydroxylation sites is 1. The van der Waals surface area contributed by atoms with Gasteiger partial charge in [0, 0.05) is 10.9 Å². The average molecular weight is 319 g/mol. The fourth-order valence-electron chi connectivity index (χ4n) is 2.90. The van der Waals surface area contributed by atoms with Crippen LogP contribution in [0.25, 0.3) is 22.2 Å². The number of Topliss-reactive ketones (excluding diaryl/α,β-unsaturated/α-hetero) is 1. The van der Waals surface area contributed by atoms with Gasteiger partial charge in [-0.2, -0.15) is 0 Å². The zero-order chi connectivity index (χ0) is 16.5. The summed E-state index contributed by atoms with van der Waals surface area (Å²) in [6.45, 7) is -0.211. The third-order valence-corrected chi connectivity index (χ3v) is 4.30. The van der Waals surface area contributed by atoms with E-state index in [1.165, 1.54) is 0 Å². The van der Waals surface area contributed by atoms with E-state index >= 15 is 0 Å². The molecule has 0 radical (unpaired) electrons. The smallest absolute Gasteiger partial charge is 0.309 e. The van der Waals surface area contributed by atoms with Crippen molar-refractivity contribution in [3.63, 3.8) is 0 Å². The normalized spacial score (nSPS) is 13.8. The molecule has 1 saturated carbocycles. The van der Waals surface area contributed by atoms with E-state index in [0.717, 1.165) is 35.0 Å². The topological polar surface area (TPSA) is 59.2 Å². The average Bonchev–Trinajstić information content (AvgIpc) is 3.40. The summed E-state index contributed by atoms with van der Waals surface area (Å²) in [5.74, 6) is -0.445. The van der Waals surface area contributed by atoms with Gasteiger partial charge in [0.1, 0.15) is 0 Å². The van der Waals surface area contributed by atoms with E-state index in [1.54, 1.807) is 0 Å². The van der Waals surface area contributed by atoms with Crippen molar-refractivity contribution >= 4 is 22.7 Å². The number of esters is 1. The van der Waals surface area contributed by atoms with Crippen molar-refractivity contribution in [2.45, 2.75) is 12.8 Å². The number of aromatic nitrogens is 1. The Morgan fingerprint density at radius 3 is 2.46 bits per heavy atom. The van der Waals surface area contributed by atoms with Crippen molar-refractivity contribution in [2.75, 3.05) is 6.61 Å². The van der Waals surface area contributed by atoms with E-state index in [4.69, 9.17) is 4.74 Å². The molecule has 2 aromatic carbocycles. The predicted molar refractivity (Wildman–Crippen MR) is 91.7 cm³/mol. The number of carbonyl (C=O) groups is 2. The van der Waals surface area contributed by atoms with Gasteiger partial charge in [-0.05, 0) is 24.5 Å². The molecular weight excluding hydrogens is 302 g/mol. The number of nitrogens with one attached hydrogen (secondary N) is 1. The highest BCUT2D eigenvalue weighted by Crippen LogP contribution is 2.32. The molecule has 0 unspecified atom stereocenters. The highest BCUT2D eigenvalue weighted by Gasteiger charge is 2.32. The van der Waals surface area contributed by atoms with Crippen LogP contribution >= 0.6 is 0 Å². The van der Waals surface area contributed by atoms with Crippen LogP contribution < -0.4 is 0 Å². The number of H-pyrrole nitrogens is 1. The summed E-state index contributed by atoms with van der Waals surface area (Å²) in [7, 11) is 0. The monoisotopic (exact) mass is 319 g/mol. The van der Waals surface area contributed by atoms with Crippen LogP contribution in [0, 0.1) is 5.92 Å². The molecule has 1 fully saturated rings. The number of hydrogen-bond donors (Lipinski definition) is 1. The van der Waals surface area contributed by atoms with Gasteiger partial charge < -0.3 is 9.72 Å². The van der Waals surface area contributed by atoms with Gasteiger partial charge in [0.25, 0.3) is 0 Å². The largest absolute Gasteiger partial charge is 0.457 e. The van der Waals surface area contributed by atoms with Crippen molar-refractivity contribution in [1.82, 2.24) is 4.98 Å². The number of aromatic amines is 1. The summed E-state index contributed by atoms with van der Waals surface area (Å²) in [6, 6.07) is 17.4. The maximum Gasteiger partial charge on any atom is 0.309 e. The van der Waals surface area contributed by atoms with Crippen molar-refractivity contribution in [1.29, 1.82) is 0 Å². The molecule has 1 aliphatic rings. The molecule has 1 heterocycles. The summed E-state index contributed by atoms with van der Waals surface area (Å²) in [5.41, 5.74) is 3.18. The van der Waals surface area contributed by atoms with E-state index in [2.05, 4.69) is 4.98 Å². The molecule has 0 saturated heterocycles. The Labute approximate surface area is 139 Å². The summed E-state index contributed by atoms with van der Waals surface area (Å²) in [5, 5.41) is 0.851. The molecular formula is C20H17NO3. The van der Waals surface area contributed by atoms with Gasteiger partial charge >= 0.3 is 5.97 Å². The molecule has 1 aromatic heterocycles. The first-order valence-corrected chi connectivity index (χ1v) is 8.10. The predicted octanol–water partition coefficient (Wildman–Crippen LogP) is 3.97. The first kappa shape index (κ1) is 14.7. The summed E-state index contributed by atoms with van der Waals surface area (Å²) in [4.78, 5) is 27.8. The Hall–Kier alpha value is -2.88. The van der Waals surface area contributed by atoms with Gasteiger partial charge in [-0.25, -0.2) is 0 Å². The third-order valence-electron chi connectivity index (χ3n) is 4.30. The number of benzene rings is 2. The second-order valence-electron chi connectivity index (χ2n) is 6.09. The minimum absolute atomic E-state index is 0.00522. The fraction of sp³-hybridized carbons (Fsp3) is 0.200. The number of ether oxygens (including phenoxy) is 1. The Bertz CT molecular complexity index is 907. The Kier molecular flexibility index (Phi) is 3.65. The highest BCUT2D eigenvalue weighted by atomic mass is 16.5. The fourth-order valence-corrected chi connectivity index (χ4v) is 2.90.